The van der Waals surface area contributed by atoms with Gasteiger partial charge in [0.25, 0.3) is 0 Å². The number of hydrogen-bond donors (Lipinski definition) is 1. The third-order valence-electron chi connectivity index (χ3n) is 4.05. The highest BCUT2D eigenvalue weighted by atomic mass is 16.5. The molecule has 21 heavy (non-hydrogen) atoms. The van der Waals surface area contributed by atoms with Crippen molar-refractivity contribution in [1.82, 2.24) is 0 Å². The summed E-state index contributed by atoms with van der Waals surface area (Å²) in [6.07, 6.45) is 3.40. The van der Waals surface area contributed by atoms with Gasteiger partial charge in [-0.3, -0.25) is 0 Å². The van der Waals surface area contributed by atoms with E-state index in [9.17, 15) is 0 Å². The second-order valence-corrected chi connectivity index (χ2v) is 7.10. The Morgan fingerprint density at radius 1 is 1.14 bits per heavy atom. The molecule has 0 saturated carbocycles. The first-order valence-electron chi connectivity index (χ1n) is 8.32. The van der Waals surface area contributed by atoms with Crippen LogP contribution in [0.15, 0.2) is 18.2 Å². The van der Waals surface area contributed by atoms with Crippen molar-refractivity contribution in [2.75, 3.05) is 6.61 Å². The van der Waals surface area contributed by atoms with Crippen molar-refractivity contribution in [2.45, 2.75) is 78.2 Å². The Kier molecular flexibility index (Phi) is 6.73. The molecule has 0 spiro atoms. The molecule has 1 rings (SSSR count). The molecular weight excluding hydrogens is 258 g/mol. The van der Waals surface area contributed by atoms with E-state index >= 15 is 0 Å². The van der Waals surface area contributed by atoms with Crippen LogP contribution in [0.3, 0.4) is 0 Å². The Hall–Kier alpha value is -1.02. The van der Waals surface area contributed by atoms with E-state index in [0.717, 1.165) is 25.0 Å². The van der Waals surface area contributed by atoms with Crippen molar-refractivity contribution in [1.29, 1.82) is 0 Å². The fraction of sp³-hybridized carbons (Fsp3) is 0.684. The minimum absolute atomic E-state index is 0.0972. The van der Waals surface area contributed by atoms with Crippen molar-refractivity contribution in [2.24, 2.45) is 5.73 Å². The normalized spacial score (nSPS) is 14.8. The molecule has 0 amide bonds. The maximum absolute atomic E-state index is 5.92. The first-order chi connectivity index (χ1) is 9.79. The number of ether oxygens (including phenoxy) is 1. The van der Waals surface area contributed by atoms with Gasteiger partial charge in [-0.05, 0) is 61.6 Å². The highest BCUT2D eigenvalue weighted by Crippen LogP contribution is 2.35. The summed E-state index contributed by atoms with van der Waals surface area (Å²) in [7, 11) is 0. The fourth-order valence-corrected chi connectivity index (χ4v) is 2.74. The van der Waals surface area contributed by atoms with Gasteiger partial charge in [-0.15, -0.1) is 0 Å². The average molecular weight is 291 g/mol. The molecule has 0 heterocycles. The van der Waals surface area contributed by atoms with E-state index in [2.05, 4.69) is 52.8 Å². The smallest absolute Gasteiger partial charge is 0.123 e. The second kappa shape index (κ2) is 7.84. The van der Waals surface area contributed by atoms with E-state index in [1.165, 1.54) is 11.1 Å². The Bertz CT molecular complexity index is 432. The van der Waals surface area contributed by atoms with Gasteiger partial charge in [0.05, 0.1) is 6.61 Å². The molecule has 0 aliphatic carbocycles. The molecule has 0 saturated heterocycles. The summed E-state index contributed by atoms with van der Waals surface area (Å²) in [5.74, 6) is 1.61. The second-order valence-electron chi connectivity index (χ2n) is 7.10. The molecule has 2 unspecified atom stereocenters. The fourth-order valence-electron chi connectivity index (χ4n) is 2.74. The molecule has 2 N–H and O–H groups in total. The molecular formula is C19H33NO. The van der Waals surface area contributed by atoms with Gasteiger partial charge >= 0.3 is 0 Å². The summed E-state index contributed by atoms with van der Waals surface area (Å²) < 4.78 is 5.81. The zero-order valence-corrected chi connectivity index (χ0v) is 14.7. The zero-order chi connectivity index (χ0) is 16.0. The summed E-state index contributed by atoms with van der Waals surface area (Å²) in [6, 6.07) is 7.01. The maximum Gasteiger partial charge on any atom is 0.123 e. The van der Waals surface area contributed by atoms with Crippen molar-refractivity contribution in [3.63, 3.8) is 0 Å². The Balaban J connectivity index is 3.07. The minimum atomic E-state index is 0.0972. The zero-order valence-electron chi connectivity index (χ0n) is 14.7. The third-order valence-corrected chi connectivity index (χ3v) is 4.05. The lowest BCUT2D eigenvalue weighted by Crippen LogP contribution is -2.17. The standard InChI is InChI=1S/C19H33NO/c1-7-15(10-9-14(3)20)16-11-12-18(21-8-2)17(13-16)19(4,5)6/h11-15H,7-10,20H2,1-6H3. The SMILES string of the molecule is CCOc1ccc(C(CC)CCC(C)N)cc1C(C)(C)C. The molecule has 2 nitrogen and oxygen atoms in total. The van der Waals surface area contributed by atoms with Crippen LogP contribution in [0.25, 0.3) is 0 Å². The van der Waals surface area contributed by atoms with Crippen molar-refractivity contribution < 1.29 is 4.74 Å². The van der Waals surface area contributed by atoms with Crippen molar-refractivity contribution in [3.05, 3.63) is 29.3 Å². The van der Waals surface area contributed by atoms with Gasteiger partial charge in [-0.1, -0.05) is 39.8 Å². The van der Waals surface area contributed by atoms with E-state index in [0.29, 0.717) is 12.5 Å². The molecule has 0 aliphatic rings. The van der Waals surface area contributed by atoms with Crippen LogP contribution >= 0.6 is 0 Å². The van der Waals surface area contributed by atoms with Gasteiger partial charge in [-0.25, -0.2) is 0 Å². The number of benzene rings is 1. The minimum Gasteiger partial charge on any atom is -0.494 e. The monoisotopic (exact) mass is 291 g/mol. The molecule has 2 atom stereocenters. The van der Waals surface area contributed by atoms with Crippen LogP contribution in [-0.4, -0.2) is 12.6 Å². The third kappa shape index (κ3) is 5.35. The number of rotatable bonds is 7. The largest absolute Gasteiger partial charge is 0.494 e. The predicted octanol–water partition coefficient (Wildman–Crippen LogP) is 5.00. The number of nitrogens with two attached hydrogens (primary N) is 1. The summed E-state index contributed by atoms with van der Waals surface area (Å²) in [6.45, 7) is 13.8. The van der Waals surface area contributed by atoms with Gasteiger partial charge in [0, 0.05) is 6.04 Å². The molecule has 2 heteroatoms. The van der Waals surface area contributed by atoms with Gasteiger partial charge in [0.15, 0.2) is 0 Å². The van der Waals surface area contributed by atoms with E-state index in [1.807, 2.05) is 6.92 Å². The topological polar surface area (TPSA) is 35.2 Å². The van der Waals surface area contributed by atoms with Crippen LogP contribution in [0.5, 0.6) is 5.75 Å². The molecule has 0 radical (unpaired) electrons. The van der Waals surface area contributed by atoms with Crippen LogP contribution in [0.1, 0.15) is 77.8 Å². The molecule has 1 aromatic carbocycles. The Morgan fingerprint density at radius 3 is 2.29 bits per heavy atom. The van der Waals surface area contributed by atoms with Crippen LogP contribution < -0.4 is 10.5 Å². The maximum atomic E-state index is 5.92. The molecule has 0 aromatic heterocycles. The first kappa shape index (κ1) is 18.0. The highest BCUT2D eigenvalue weighted by molar-refractivity contribution is 5.42. The quantitative estimate of drug-likeness (QED) is 0.767. The predicted molar refractivity (Wildman–Crippen MR) is 92.2 cm³/mol. The molecule has 1 aromatic rings. The van der Waals surface area contributed by atoms with Gasteiger partial charge in [0.1, 0.15) is 5.75 Å². The summed E-state index contributed by atoms with van der Waals surface area (Å²) in [4.78, 5) is 0. The Morgan fingerprint density at radius 2 is 1.81 bits per heavy atom. The van der Waals surface area contributed by atoms with E-state index < -0.39 is 0 Å². The van der Waals surface area contributed by atoms with Crippen LogP contribution in [-0.2, 0) is 5.41 Å². The lowest BCUT2D eigenvalue weighted by Gasteiger charge is -2.25. The number of hydrogen-bond acceptors (Lipinski definition) is 2. The van der Waals surface area contributed by atoms with E-state index in [1.54, 1.807) is 0 Å². The highest BCUT2D eigenvalue weighted by Gasteiger charge is 2.21. The molecule has 0 fully saturated rings. The van der Waals surface area contributed by atoms with Crippen molar-refractivity contribution in [3.8, 4) is 5.75 Å². The Labute approximate surface area is 131 Å². The van der Waals surface area contributed by atoms with Crippen molar-refractivity contribution >= 4 is 0 Å². The molecule has 0 bridgehead atoms. The van der Waals surface area contributed by atoms with Crippen LogP contribution in [0.2, 0.25) is 0 Å². The van der Waals surface area contributed by atoms with Gasteiger partial charge in [-0.2, -0.15) is 0 Å². The lowest BCUT2D eigenvalue weighted by molar-refractivity contribution is 0.329. The average Bonchev–Trinajstić information content (AvgIpc) is 2.39. The van der Waals surface area contributed by atoms with Gasteiger partial charge in [0.2, 0.25) is 0 Å². The molecule has 120 valence electrons. The van der Waals surface area contributed by atoms with Crippen LogP contribution in [0, 0.1) is 0 Å². The molecule has 0 aliphatic heterocycles. The van der Waals surface area contributed by atoms with Crippen LogP contribution in [0.4, 0.5) is 0 Å². The first-order valence-corrected chi connectivity index (χ1v) is 8.32. The summed E-state index contributed by atoms with van der Waals surface area (Å²) in [5, 5.41) is 0. The summed E-state index contributed by atoms with van der Waals surface area (Å²) in [5.41, 5.74) is 8.74. The lowest BCUT2D eigenvalue weighted by atomic mass is 9.82. The van der Waals surface area contributed by atoms with E-state index in [4.69, 9.17) is 10.5 Å². The van der Waals surface area contributed by atoms with Gasteiger partial charge < -0.3 is 10.5 Å². The van der Waals surface area contributed by atoms with E-state index in [-0.39, 0.29) is 11.5 Å². The summed E-state index contributed by atoms with van der Waals surface area (Å²) >= 11 is 0.